The molecule has 0 aromatic heterocycles. The number of nitrogens with one attached hydrogen (secondary N) is 1. The summed E-state index contributed by atoms with van der Waals surface area (Å²) in [5, 5.41) is 12.1. The van der Waals surface area contributed by atoms with Crippen LogP contribution < -0.4 is 5.32 Å². The minimum absolute atomic E-state index is 0.0396. The van der Waals surface area contributed by atoms with E-state index in [0.717, 1.165) is 17.3 Å². The van der Waals surface area contributed by atoms with E-state index in [1.807, 2.05) is 24.3 Å². The van der Waals surface area contributed by atoms with Gasteiger partial charge in [0.25, 0.3) is 0 Å². The number of carbonyl (C=O) groups is 1. The lowest BCUT2D eigenvalue weighted by atomic mass is 10.1. The third kappa shape index (κ3) is 6.71. The van der Waals surface area contributed by atoms with E-state index < -0.39 is 6.10 Å². The minimum atomic E-state index is -0.641. The van der Waals surface area contributed by atoms with Gasteiger partial charge < -0.3 is 15.2 Å². The average molecular weight is 330 g/mol. The van der Waals surface area contributed by atoms with Gasteiger partial charge in [-0.05, 0) is 24.5 Å². The van der Waals surface area contributed by atoms with E-state index in [1.165, 1.54) is 12.7 Å². The Morgan fingerprint density at radius 2 is 2.21 bits per heavy atom. The average Bonchev–Trinajstić information content (AvgIpc) is 2.39. The molecule has 106 valence electrons. The molecular formula is C14H20BrNO3. The van der Waals surface area contributed by atoms with Crippen molar-refractivity contribution in [2.75, 3.05) is 20.3 Å². The molecule has 0 spiro atoms. The van der Waals surface area contributed by atoms with E-state index in [0.29, 0.717) is 6.42 Å². The number of amides is 1. The summed E-state index contributed by atoms with van der Waals surface area (Å²) < 4.78 is 5.86. The molecule has 1 aromatic rings. The number of hydrogen-bond acceptors (Lipinski definition) is 3. The second-order valence-electron chi connectivity index (χ2n) is 4.36. The number of benzene rings is 1. The summed E-state index contributed by atoms with van der Waals surface area (Å²) in [7, 11) is 1.52. The van der Waals surface area contributed by atoms with Crippen molar-refractivity contribution < 1.29 is 14.6 Å². The quantitative estimate of drug-likeness (QED) is 0.765. The Morgan fingerprint density at radius 3 is 2.89 bits per heavy atom. The van der Waals surface area contributed by atoms with Crippen LogP contribution in [0.2, 0.25) is 0 Å². The van der Waals surface area contributed by atoms with Gasteiger partial charge in [-0.1, -0.05) is 34.1 Å². The number of halogens is 1. The van der Waals surface area contributed by atoms with E-state index in [2.05, 4.69) is 21.2 Å². The Morgan fingerprint density at radius 1 is 1.47 bits per heavy atom. The molecule has 0 saturated heterocycles. The minimum Gasteiger partial charge on any atom is -0.389 e. The van der Waals surface area contributed by atoms with Crippen molar-refractivity contribution in [3.63, 3.8) is 0 Å². The zero-order chi connectivity index (χ0) is 14.1. The second-order valence-corrected chi connectivity index (χ2v) is 5.21. The van der Waals surface area contributed by atoms with Gasteiger partial charge >= 0.3 is 0 Å². The molecule has 0 bridgehead atoms. The predicted molar refractivity (Wildman–Crippen MR) is 78.0 cm³/mol. The lowest BCUT2D eigenvalue weighted by molar-refractivity contribution is -0.121. The Kier molecular flexibility index (Phi) is 7.70. The van der Waals surface area contributed by atoms with E-state index in [9.17, 15) is 9.90 Å². The monoisotopic (exact) mass is 329 g/mol. The molecule has 19 heavy (non-hydrogen) atoms. The molecule has 1 unspecified atom stereocenters. The first kappa shape index (κ1) is 16.1. The van der Waals surface area contributed by atoms with Crippen LogP contribution in [0, 0.1) is 0 Å². The molecule has 0 saturated carbocycles. The Hall–Kier alpha value is -0.910. The fourth-order valence-electron chi connectivity index (χ4n) is 1.71. The largest absolute Gasteiger partial charge is 0.389 e. The molecule has 4 nitrogen and oxygen atoms in total. The van der Waals surface area contributed by atoms with Crippen LogP contribution in [0.25, 0.3) is 0 Å². The zero-order valence-corrected chi connectivity index (χ0v) is 12.6. The molecule has 0 aliphatic carbocycles. The van der Waals surface area contributed by atoms with Gasteiger partial charge in [-0.2, -0.15) is 0 Å². The lowest BCUT2D eigenvalue weighted by Gasteiger charge is -2.10. The molecule has 0 fully saturated rings. The van der Waals surface area contributed by atoms with Gasteiger partial charge in [0.15, 0.2) is 0 Å². The van der Waals surface area contributed by atoms with Crippen molar-refractivity contribution >= 4 is 21.8 Å². The smallest absolute Gasteiger partial charge is 0.220 e. The summed E-state index contributed by atoms with van der Waals surface area (Å²) in [4.78, 5) is 11.6. The van der Waals surface area contributed by atoms with E-state index in [4.69, 9.17) is 4.74 Å². The molecule has 0 heterocycles. The molecule has 0 aliphatic heterocycles. The fraction of sp³-hybridized carbons (Fsp3) is 0.500. The van der Waals surface area contributed by atoms with Crippen molar-refractivity contribution in [3.05, 3.63) is 34.3 Å². The maximum Gasteiger partial charge on any atom is 0.220 e. The summed E-state index contributed by atoms with van der Waals surface area (Å²) >= 11 is 3.48. The van der Waals surface area contributed by atoms with Gasteiger partial charge in [-0.15, -0.1) is 0 Å². The maximum atomic E-state index is 11.6. The van der Waals surface area contributed by atoms with Crippen LogP contribution in [0.3, 0.4) is 0 Å². The zero-order valence-electron chi connectivity index (χ0n) is 11.1. The topological polar surface area (TPSA) is 58.6 Å². The number of aryl methyl sites for hydroxylation is 1. The number of carbonyl (C=O) groups excluding carboxylic acids is 1. The number of aliphatic hydroxyl groups is 1. The van der Waals surface area contributed by atoms with Gasteiger partial charge in [-0.25, -0.2) is 0 Å². The summed E-state index contributed by atoms with van der Waals surface area (Å²) in [6.07, 6.45) is 1.46. The number of methoxy groups -OCH3 is 1. The summed E-state index contributed by atoms with van der Waals surface area (Å²) in [5.41, 5.74) is 1.20. The van der Waals surface area contributed by atoms with Crippen LogP contribution in [-0.2, 0) is 16.0 Å². The van der Waals surface area contributed by atoms with Crippen LogP contribution in [0.5, 0.6) is 0 Å². The third-order valence-electron chi connectivity index (χ3n) is 2.70. The molecule has 0 radical (unpaired) electrons. The fourth-order valence-corrected chi connectivity index (χ4v) is 2.19. The van der Waals surface area contributed by atoms with Crippen LogP contribution in [-0.4, -0.2) is 37.4 Å². The summed E-state index contributed by atoms with van der Waals surface area (Å²) in [6.45, 7) is 0.471. The molecule has 1 aromatic carbocycles. The molecule has 1 amide bonds. The molecular weight excluding hydrogens is 310 g/mol. The SMILES string of the molecule is COCC(O)CNC(=O)CCCc1ccccc1Br. The molecule has 2 N–H and O–H groups in total. The highest BCUT2D eigenvalue weighted by atomic mass is 79.9. The van der Waals surface area contributed by atoms with Crippen LogP contribution in [0.4, 0.5) is 0 Å². The van der Waals surface area contributed by atoms with Crippen LogP contribution >= 0.6 is 15.9 Å². The van der Waals surface area contributed by atoms with Crippen molar-refractivity contribution in [3.8, 4) is 0 Å². The number of rotatable bonds is 8. The molecule has 5 heteroatoms. The van der Waals surface area contributed by atoms with Gasteiger partial charge in [0.05, 0.1) is 12.7 Å². The number of aliphatic hydroxyl groups excluding tert-OH is 1. The van der Waals surface area contributed by atoms with Crippen molar-refractivity contribution in [1.82, 2.24) is 5.32 Å². The first-order valence-corrected chi connectivity index (χ1v) is 7.10. The Bertz CT molecular complexity index is 398. The molecule has 0 aliphatic rings. The Labute approximate surface area is 122 Å². The van der Waals surface area contributed by atoms with Gasteiger partial charge in [0.1, 0.15) is 0 Å². The highest BCUT2D eigenvalue weighted by Gasteiger charge is 2.07. The van der Waals surface area contributed by atoms with Crippen LogP contribution in [0.15, 0.2) is 28.7 Å². The standard InChI is InChI=1S/C14H20BrNO3/c1-19-10-12(17)9-16-14(18)8-4-6-11-5-2-3-7-13(11)15/h2-3,5,7,12,17H,4,6,8-10H2,1H3,(H,16,18). The van der Waals surface area contributed by atoms with E-state index in [1.54, 1.807) is 0 Å². The van der Waals surface area contributed by atoms with Crippen molar-refractivity contribution in [2.45, 2.75) is 25.4 Å². The normalized spacial score (nSPS) is 12.2. The maximum absolute atomic E-state index is 11.6. The van der Waals surface area contributed by atoms with E-state index in [-0.39, 0.29) is 19.1 Å². The van der Waals surface area contributed by atoms with Gasteiger partial charge in [-0.3, -0.25) is 4.79 Å². The number of hydrogen-bond donors (Lipinski definition) is 2. The highest BCUT2D eigenvalue weighted by molar-refractivity contribution is 9.10. The first-order chi connectivity index (χ1) is 9.13. The molecule has 1 atom stereocenters. The number of ether oxygens (including phenoxy) is 1. The Balaban J connectivity index is 2.19. The summed E-state index contributed by atoms with van der Waals surface area (Å²) in [6, 6.07) is 8.00. The summed E-state index contributed by atoms with van der Waals surface area (Å²) in [5.74, 6) is -0.0396. The first-order valence-electron chi connectivity index (χ1n) is 6.30. The van der Waals surface area contributed by atoms with Crippen LogP contribution in [0.1, 0.15) is 18.4 Å². The van der Waals surface area contributed by atoms with Gasteiger partial charge in [0.2, 0.25) is 5.91 Å². The molecule has 1 rings (SSSR count). The van der Waals surface area contributed by atoms with E-state index >= 15 is 0 Å². The highest BCUT2D eigenvalue weighted by Crippen LogP contribution is 2.17. The van der Waals surface area contributed by atoms with Crippen molar-refractivity contribution in [2.24, 2.45) is 0 Å². The lowest BCUT2D eigenvalue weighted by Crippen LogP contribution is -2.34. The predicted octanol–water partition coefficient (Wildman–Crippen LogP) is 1.90. The van der Waals surface area contributed by atoms with Crippen molar-refractivity contribution in [1.29, 1.82) is 0 Å². The second kappa shape index (κ2) is 9.07. The van der Waals surface area contributed by atoms with Gasteiger partial charge in [0, 0.05) is 24.5 Å². The third-order valence-corrected chi connectivity index (χ3v) is 3.48.